The number of sulfonamides is 1. The molecule has 3 rings (SSSR count). The first-order chi connectivity index (χ1) is 12.8. The van der Waals surface area contributed by atoms with Crippen LogP contribution < -0.4 is 5.32 Å². The Kier molecular flexibility index (Phi) is 6.94. The normalized spacial score (nSPS) is 21.4. The van der Waals surface area contributed by atoms with E-state index in [1.165, 1.54) is 0 Å². The lowest BCUT2D eigenvalue weighted by Gasteiger charge is -2.34. The number of benzene rings is 1. The second kappa shape index (κ2) is 9.03. The van der Waals surface area contributed by atoms with Gasteiger partial charge in [-0.15, -0.1) is 11.3 Å². The van der Waals surface area contributed by atoms with E-state index in [-0.39, 0.29) is 18.0 Å². The van der Waals surface area contributed by atoms with Gasteiger partial charge in [-0.3, -0.25) is 0 Å². The first-order valence-electron chi connectivity index (χ1n) is 9.03. The van der Waals surface area contributed by atoms with Crippen molar-refractivity contribution in [1.29, 1.82) is 0 Å². The third-order valence-corrected chi connectivity index (χ3v) is 7.67. The largest absolute Gasteiger partial charge is 0.373 e. The summed E-state index contributed by atoms with van der Waals surface area (Å²) in [7, 11) is -3.27. The van der Waals surface area contributed by atoms with E-state index in [4.69, 9.17) is 16.3 Å². The molecular formula is C19H25ClN2O3S2. The van der Waals surface area contributed by atoms with Crippen molar-refractivity contribution in [2.24, 2.45) is 0 Å². The van der Waals surface area contributed by atoms with Crippen LogP contribution >= 0.6 is 22.9 Å². The quantitative estimate of drug-likeness (QED) is 0.684. The summed E-state index contributed by atoms with van der Waals surface area (Å²) in [6.45, 7) is 5.73. The minimum absolute atomic E-state index is 0.0640. The predicted octanol–water partition coefficient (Wildman–Crippen LogP) is 3.60. The van der Waals surface area contributed by atoms with Crippen molar-refractivity contribution >= 4 is 33.0 Å². The first-order valence-corrected chi connectivity index (χ1v) is 11.8. The maximum Gasteiger partial charge on any atom is 0.215 e. The van der Waals surface area contributed by atoms with Crippen LogP contribution in [0, 0.1) is 0 Å². The van der Waals surface area contributed by atoms with Crippen molar-refractivity contribution in [3.05, 3.63) is 46.3 Å². The van der Waals surface area contributed by atoms with Crippen LogP contribution in [0.1, 0.15) is 18.7 Å². The summed E-state index contributed by atoms with van der Waals surface area (Å²) in [5.41, 5.74) is 1.02. The van der Waals surface area contributed by atoms with Crippen LogP contribution in [0.2, 0.25) is 5.02 Å². The van der Waals surface area contributed by atoms with Crippen LogP contribution in [0.4, 0.5) is 0 Å². The smallest absolute Gasteiger partial charge is 0.215 e. The molecule has 0 aliphatic carbocycles. The first kappa shape index (κ1) is 20.8. The number of hydrogen-bond donors (Lipinski definition) is 1. The molecule has 1 aromatic heterocycles. The molecule has 8 heteroatoms. The van der Waals surface area contributed by atoms with E-state index < -0.39 is 10.0 Å². The molecule has 2 aromatic rings. The fourth-order valence-corrected chi connectivity index (χ4v) is 6.02. The number of morpholine rings is 1. The van der Waals surface area contributed by atoms with Crippen molar-refractivity contribution < 1.29 is 13.2 Å². The van der Waals surface area contributed by atoms with Gasteiger partial charge in [0.25, 0.3) is 0 Å². The molecule has 0 radical (unpaired) electrons. The Bertz CT molecular complexity index is 859. The molecule has 0 bridgehead atoms. The highest BCUT2D eigenvalue weighted by molar-refractivity contribution is 7.89. The Morgan fingerprint density at radius 1 is 1.19 bits per heavy atom. The number of rotatable bonds is 7. The molecular weight excluding hydrogens is 404 g/mol. The molecule has 0 amide bonds. The van der Waals surface area contributed by atoms with Crippen molar-refractivity contribution in [3.63, 3.8) is 0 Å². The minimum atomic E-state index is -3.27. The minimum Gasteiger partial charge on any atom is -0.373 e. The lowest BCUT2D eigenvalue weighted by Crippen LogP contribution is -2.49. The molecule has 0 unspecified atom stereocenters. The van der Waals surface area contributed by atoms with E-state index >= 15 is 0 Å². The molecule has 148 valence electrons. The van der Waals surface area contributed by atoms with Gasteiger partial charge in [-0.05, 0) is 32.0 Å². The molecule has 1 saturated heterocycles. The Labute approximate surface area is 170 Å². The van der Waals surface area contributed by atoms with Gasteiger partial charge in [-0.25, -0.2) is 8.42 Å². The summed E-state index contributed by atoms with van der Waals surface area (Å²) in [4.78, 5) is 2.26. The average molecular weight is 429 g/mol. The average Bonchev–Trinajstić information content (AvgIpc) is 3.07. The summed E-state index contributed by atoms with van der Waals surface area (Å²) in [5.74, 6) is 0.0924. The number of ether oxygens (including phenoxy) is 1. The Balaban J connectivity index is 1.50. The van der Waals surface area contributed by atoms with Crippen molar-refractivity contribution in [3.8, 4) is 10.4 Å². The van der Waals surface area contributed by atoms with Crippen molar-refractivity contribution in [2.75, 3.05) is 25.4 Å². The van der Waals surface area contributed by atoms with Gasteiger partial charge in [0.1, 0.15) is 0 Å². The number of halogens is 1. The molecule has 2 atom stereocenters. The highest BCUT2D eigenvalue weighted by Gasteiger charge is 2.30. The highest BCUT2D eigenvalue weighted by Crippen LogP contribution is 2.33. The lowest BCUT2D eigenvalue weighted by molar-refractivity contribution is -0.0440. The number of nitrogens with zero attached hydrogens (tertiary/aromatic N) is 1. The molecule has 1 aliphatic heterocycles. The topological polar surface area (TPSA) is 58.6 Å². The second-order valence-corrected chi connectivity index (χ2v) is 10.5. The van der Waals surface area contributed by atoms with Gasteiger partial charge >= 0.3 is 0 Å². The van der Waals surface area contributed by atoms with Crippen LogP contribution in [0.15, 0.2) is 36.4 Å². The van der Waals surface area contributed by atoms with E-state index in [0.717, 1.165) is 20.3 Å². The molecule has 0 spiro atoms. The maximum atomic E-state index is 12.5. The summed E-state index contributed by atoms with van der Waals surface area (Å²) in [5, 5.41) is 3.97. The molecule has 5 nitrogen and oxygen atoms in total. The third-order valence-electron chi connectivity index (χ3n) is 4.42. The van der Waals surface area contributed by atoms with Gasteiger partial charge in [0.05, 0.1) is 18.0 Å². The van der Waals surface area contributed by atoms with E-state index in [2.05, 4.69) is 17.4 Å². The predicted molar refractivity (Wildman–Crippen MR) is 112 cm³/mol. The van der Waals surface area contributed by atoms with Crippen molar-refractivity contribution in [1.82, 2.24) is 9.62 Å². The standard InChI is InChI=1S/C19H25ClN2O3S2/c1-14-12-22(13-15(2)25-14)27(23,24)10-9-21-11-16-7-8-19(26-16)17-5-3-4-6-18(17)20/h3-8,14-15,21H,9-13H2,1-2H3/t14-,15-/m0/s1. The van der Waals surface area contributed by atoms with E-state index in [0.29, 0.717) is 26.2 Å². The van der Waals surface area contributed by atoms with E-state index in [9.17, 15) is 8.42 Å². The molecule has 2 heterocycles. The van der Waals surface area contributed by atoms with Crippen LogP contribution in [0.3, 0.4) is 0 Å². The van der Waals surface area contributed by atoms with Gasteiger partial charge in [0.2, 0.25) is 10.0 Å². The van der Waals surface area contributed by atoms with Gasteiger partial charge in [-0.1, -0.05) is 29.8 Å². The Morgan fingerprint density at radius 2 is 1.89 bits per heavy atom. The zero-order valence-corrected chi connectivity index (χ0v) is 17.9. The zero-order chi connectivity index (χ0) is 19.4. The third kappa shape index (κ3) is 5.53. The second-order valence-electron chi connectivity index (χ2n) is 6.81. The van der Waals surface area contributed by atoms with Gasteiger partial charge in [-0.2, -0.15) is 4.31 Å². The molecule has 1 aromatic carbocycles. The Morgan fingerprint density at radius 3 is 2.59 bits per heavy atom. The molecule has 0 saturated carbocycles. The maximum absolute atomic E-state index is 12.5. The highest BCUT2D eigenvalue weighted by atomic mass is 35.5. The van der Waals surface area contributed by atoms with Crippen LogP contribution in [-0.4, -0.2) is 50.3 Å². The zero-order valence-electron chi connectivity index (χ0n) is 15.5. The van der Waals surface area contributed by atoms with Gasteiger partial charge in [0, 0.05) is 46.5 Å². The van der Waals surface area contributed by atoms with Gasteiger partial charge in [0.15, 0.2) is 0 Å². The molecule has 1 fully saturated rings. The summed E-state index contributed by atoms with van der Waals surface area (Å²) in [6.07, 6.45) is -0.128. The molecule has 1 N–H and O–H groups in total. The summed E-state index contributed by atoms with van der Waals surface area (Å²) >= 11 is 7.91. The molecule has 1 aliphatic rings. The summed E-state index contributed by atoms with van der Waals surface area (Å²) < 4.78 is 32.2. The monoisotopic (exact) mass is 428 g/mol. The molecule has 27 heavy (non-hydrogen) atoms. The van der Waals surface area contributed by atoms with Crippen LogP contribution in [-0.2, 0) is 21.3 Å². The number of nitrogens with one attached hydrogen (secondary N) is 1. The number of hydrogen-bond acceptors (Lipinski definition) is 5. The van der Waals surface area contributed by atoms with Crippen LogP contribution in [0.25, 0.3) is 10.4 Å². The Hall–Kier alpha value is -0.960. The van der Waals surface area contributed by atoms with Gasteiger partial charge < -0.3 is 10.1 Å². The van der Waals surface area contributed by atoms with E-state index in [1.54, 1.807) is 15.6 Å². The fraction of sp³-hybridized carbons (Fsp3) is 0.474. The fourth-order valence-electron chi connectivity index (χ4n) is 3.18. The SMILES string of the molecule is C[C@H]1CN(S(=O)(=O)CCNCc2ccc(-c3ccccc3Cl)s2)C[C@H](C)O1. The lowest BCUT2D eigenvalue weighted by atomic mass is 10.2. The van der Waals surface area contributed by atoms with E-state index in [1.807, 2.05) is 38.1 Å². The van der Waals surface area contributed by atoms with Crippen molar-refractivity contribution in [2.45, 2.75) is 32.6 Å². The van der Waals surface area contributed by atoms with Crippen LogP contribution in [0.5, 0.6) is 0 Å². The summed E-state index contributed by atoms with van der Waals surface area (Å²) in [6, 6.07) is 11.9. The number of thiophene rings is 1.